The van der Waals surface area contributed by atoms with Gasteiger partial charge in [0, 0.05) is 13.1 Å². The van der Waals surface area contributed by atoms with Crippen molar-refractivity contribution in [1.82, 2.24) is 4.90 Å². The Kier molecular flexibility index (Phi) is 3.33. The second-order valence-electron chi connectivity index (χ2n) is 6.59. The van der Waals surface area contributed by atoms with Gasteiger partial charge in [-0.15, -0.1) is 0 Å². The fraction of sp³-hybridized carbons (Fsp3) is 0.588. The smallest absolute Gasteiger partial charge is 0.233 e. The molecular weight excluding hydrogens is 250 g/mol. The average Bonchev–Trinajstić information content (AvgIpc) is 2.38. The second kappa shape index (κ2) is 4.88. The maximum atomic E-state index is 13.0. The van der Waals surface area contributed by atoms with Crippen LogP contribution in [0.1, 0.15) is 44.6 Å². The monoisotopic (exact) mass is 273 g/mol. The maximum absolute atomic E-state index is 13.0. The Morgan fingerprint density at radius 2 is 1.70 bits per heavy atom. The van der Waals surface area contributed by atoms with E-state index in [2.05, 4.69) is 12.1 Å². The Morgan fingerprint density at radius 3 is 2.20 bits per heavy atom. The maximum Gasteiger partial charge on any atom is 0.233 e. The summed E-state index contributed by atoms with van der Waals surface area (Å²) in [5, 5.41) is 10.0. The minimum Gasteiger partial charge on any atom is -0.390 e. The fourth-order valence-electron chi connectivity index (χ4n) is 3.41. The number of benzene rings is 1. The predicted octanol–water partition coefficient (Wildman–Crippen LogP) is 2.48. The van der Waals surface area contributed by atoms with Gasteiger partial charge in [-0.05, 0) is 38.2 Å². The molecule has 1 aromatic rings. The molecule has 1 amide bonds. The lowest BCUT2D eigenvalue weighted by Crippen LogP contribution is -2.54. The zero-order valence-corrected chi connectivity index (χ0v) is 12.1. The SMILES string of the molecule is CC1(O)CCN(C(=O)C2(c3ccccc3)CCC2)CC1. The van der Waals surface area contributed by atoms with Crippen LogP contribution in [0.2, 0.25) is 0 Å². The lowest BCUT2D eigenvalue weighted by Gasteiger charge is -2.46. The van der Waals surface area contributed by atoms with Crippen molar-refractivity contribution >= 4 is 5.91 Å². The lowest BCUT2D eigenvalue weighted by atomic mass is 9.63. The van der Waals surface area contributed by atoms with E-state index in [1.165, 1.54) is 0 Å². The number of nitrogens with zero attached hydrogens (tertiary/aromatic N) is 1. The molecule has 108 valence electrons. The van der Waals surface area contributed by atoms with Crippen molar-refractivity contribution < 1.29 is 9.90 Å². The molecule has 0 aromatic heterocycles. The molecule has 1 aliphatic heterocycles. The van der Waals surface area contributed by atoms with Crippen molar-refractivity contribution in [1.29, 1.82) is 0 Å². The van der Waals surface area contributed by atoms with Crippen LogP contribution in [0.5, 0.6) is 0 Å². The van der Waals surface area contributed by atoms with Gasteiger partial charge < -0.3 is 10.0 Å². The van der Waals surface area contributed by atoms with Crippen LogP contribution >= 0.6 is 0 Å². The Bertz CT molecular complexity index is 481. The van der Waals surface area contributed by atoms with Crippen LogP contribution in [0.4, 0.5) is 0 Å². The van der Waals surface area contributed by atoms with Crippen LogP contribution in [0.3, 0.4) is 0 Å². The topological polar surface area (TPSA) is 40.5 Å². The summed E-state index contributed by atoms with van der Waals surface area (Å²) in [5.41, 5.74) is 0.273. The molecule has 2 fully saturated rings. The number of piperidine rings is 1. The number of rotatable bonds is 2. The normalized spacial score (nSPS) is 24.0. The summed E-state index contributed by atoms with van der Waals surface area (Å²) >= 11 is 0. The molecule has 0 spiro atoms. The lowest BCUT2D eigenvalue weighted by molar-refractivity contribution is -0.144. The third-order valence-corrected chi connectivity index (χ3v) is 5.07. The van der Waals surface area contributed by atoms with Crippen LogP contribution < -0.4 is 0 Å². The molecule has 0 unspecified atom stereocenters. The summed E-state index contributed by atoms with van der Waals surface area (Å²) in [7, 11) is 0. The van der Waals surface area contributed by atoms with E-state index < -0.39 is 5.60 Å². The molecule has 3 nitrogen and oxygen atoms in total. The van der Waals surface area contributed by atoms with Crippen molar-refractivity contribution in [3.05, 3.63) is 35.9 Å². The van der Waals surface area contributed by atoms with E-state index in [0.717, 1.165) is 24.8 Å². The van der Waals surface area contributed by atoms with E-state index in [1.807, 2.05) is 30.0 Å². The molecule has 1 heterocycles. The van der Waals surface area contributed by atoms with Gasteiger partial charge in [-0.3, -0.25) is 4.79 Å². The highest BCUT2D eigenvalue weighted by molar-refractivity contribution is 5.89. The number of carbonyl (C=O) groups excluding carboxylic acids is 1. The van der Waals surface area contributed by atoms with Gasteiger partial charge in [0.25, 0.3) is 0 Å². The molecule has 0 radical (unpaired) electrons. The molecule has 20 heavy (non-hydrogen) atoms. The first-order valence-corrected chi connectivity index (χ1v) is 7.61. The predicted molar refractivity (Wildman–Crippen MR) is 78.4 cm³/mol. The highest BCUT2D eigenvalue weighted by Gasteiger charge is 2.48. The number of hydrogen-bond acceptors (Lipinski definition) is 2. The first-order chi connectivity index (χ1) is 9.54. The average molecular weight is 273 g/mol. The van der Waals surface area contributed by atoms with Crippen LogP contribution in [0.15, 0.2) is 30.3 Å². The first kappa shape index (κ1) is 13.6. The van der Waals surface area contributed by atoms with E-state index in [4.69, 9.17) is 0 Å². The fourth-order valence-corrected chi connectivity index (χ4v) is 3.41. The summed E-state index contributed by atoms with van der Waals surface area (Å²) in [6.45, 7) is 3.23. The van der Waals surface area contributed by atoms with Gasteiger partial charge in [-0.2, -0.15) is 0 Å². The van der Waals surface area contributed by atoms with Crippen molar-refractivity contribution in [3.8, 4) is 0 Å². The van der Waals surface area contributed by atoms with Crippen LogP contribution in [0.25, 0.3) is 0 Å². The molecule has 1 saturated heterocycles. The summed E-state index contributed by atoms with van der Waals surface area (Å²) in [6.07, 6.45) is 4.42. The summed E-state index contributed by atoms with van der Waals surface area (Å²) in [4.78, 5) is 14.9. The third-order valence-electron chi connectivity index (χ3n) is 5.07. The standard InChI is InChI=1S/C17H23NO2/c1-16(20)10-12-18(13-11-16)15(19)17(8-5-9-17)14-6-3-2-4-7-14/h2-4,6-7,20H,5,8-13H2,1H3. The van der Waals surface area contributed by atoms with E-state index in [-0.39, 0.29) is 11.3 Å². The molecule has 0 bridgehead atoms. The number of aliphatic hydroxyl groups is 1. The van der Waals surface area contributed by atoms with Crippen LogP contribution in [-0.4, -0.2) is 34.6 Å². The zero-order chi connectivity index (χ0) is 14.2. The highest BCUT2D eigenvalue weighted by atomic mass is 16.3. The molecule has 1 aliphatic carbocycles. The summed E-state index contributed by atoms with van der Waals surface area (Å²) in [6, 6.07) is 10.2. The van der Waals surface area contributed by atoms with E-state index >= 15 is 0 Å². The van der Waals surface area contributed by atoms with Gasteiger partial charge in [0.05, 0.1) is 11.0 Å². The number of hydrogen-bond donors (Lipinski definition) is 1. The van der Waals surface area contributed by atoms with Crippen molar-refractivity contribution in [2.24, 2.45) is 0 Å². The Morgan fingerprint density at radius 1 is 1.10 bits per heavy atom. The van der Waals surface area contributed by atoms with Gasteiger partial charge in [-0.25, -0.2) is 0 Å². The minimum absolute atomic E-state index is 0.269. The van der Waals surface area contributed by atoms with Crippen molar-refractivity contribution in [2.75, 3.05) is 13.1 Å². The van der Waals surface area contributed by atoms with E-state index in [0.29, 0.717) is 25.9 Å². The molecule has 3 heteroatoms. The van der Waals surface area contributed by atoms with Gasteiger partial charge in [0.1, 0.15) is 0 Å². The molecule has 2 aliphatic rings. The van der Waals surface area contributed by atoms with E-state index in [1.54, 1.807) is 0 Å². The first-order valence-electron chi connectivity index (χ1n) is 7.61. The molecular formula is C17H23NO2. The summed E-state index contributed by atoms with van der Waals surface area (Å²) < 4.78 is 0. The third kappa shape index (κ3) is 2.24. The van der Waals surface area contributed by atoms with Crippen molar-refractivity contribution in [2.45, 2.75) is 50.0 Å². The number of likely N-dealkylation sites (tertiary alicyclic amines) is 1. The van der Waals surface area contributed by atoms with Crippen LogP contribution in [0, 0.1) is 0 Å². The van der Waals surface area contributed by atoms with Gasteiger partial charge in [0.15, 0.2) is 0 Å². The zero-order valence-electron chi connectivity index (χ0n) is 12.1. The van der Waals surface area contributed by atoms with Gasteiger partial charge in [0.2, 0.25) is 5.91 Å². The highest BCUT2D eigenvalue weighted by Crippen LogP contribution is 2.45. The van der Waals surface area contributed by atoms with Gasteiger partial charge in [-0.1, -0.05) is 36.8 Å². The summed E-state index contributed by atoms with van der Waals surface area (Å²) in [5.74, 6) is 0.269. The number of amides is 1. The quantitative estimate of drug-likeness (QED) is 0.899. The van der Waals surface area contributed by atoms with Gasteiger partial charge >= 0.3 is 0 Å². The Hall–Kier alpha value is -1.35. The second-order valence-corrected chi connectivity index (χ2v) is 6.59. The Balaban J connectivity index is 1.79. The number of carbonyl (C=O) groups is 1. The minimum atomic E-state index is -0.601. The largest absolute Gasteiger partial charge is 0.390 e. The van der Waals surface area contributed by atoms with Crippen LogP contribution in [-0.2, 0) is 10.2 Å². The Labute approximate surface area is 120 Å². The molecule has 1 saturated carbocycles. The molecule has 0 atom stereocenters. The van der Waals surface area contributed by atoms with E-state index in [9.17, 15) is 9.90 Å². The van der Waals surface area contributed by atoms with Crippen molar-refractivity contribution in [3.63, 3.8) is 0 Å². The molecule has 3 rings (SSSR count). The molecule has 1 aromatic carbocycles. The molecule has 1 N–H and O–H groups in total.